The zero-order valence-corrected chi connectivity index (χ0v) is 13.2. The zero-order valence-electron chi connectivity index (χ0n) is 13.2. The molecule has 0 bridgehead atoms. The first kappa shape index (κ1) is 15.3. The fourth-order valence-electron chi connectivity index (χ4n) is 2.33. The smallest absolute Gasteiger partial charge is 0.297 e. The maximum Gasteiger partial charge on any atom is 0.297 e. The van der Waals surface area contributed by atoms with Crippen LogP contribution < -0.4 is 0 Å². The molecule has 4 rings (SSSR count). The lowest BCUT2D eigenvalue weighted by Gasteiger charge is -1.97. The van der Waals surface area contributed by atoms with Crippen molar-refractivity contribution in [3.63, 3.8) is 0 Å². The molecule has 0 radical (unpaired) electrons. The summed E-state index contributed by atoms with van der Waals surface area (Å²) in [6, 6.07) is 4.72. The van der Waals surface area contributed by atoms with Gasteiger partial charge < -0.3 is 9.63 Å². The molecular formula is C16H13FN6O2. The van der Waals surface area contributed by atoms with Crippen molar-refractivity contribution in [1.29, 1.82) is 0 Å². The van der Waals surface area contributed by atoms with Crippen LogP contribution in [-0.2, 0) is 6.42 Å². The zero-order chi connectivity index (χ0) is 17.4. The number of halogens is 1. The monoisotopic (exact) mass is 340 g/mol. The van der Waals surface area contributed by atoms with Gasteiger partial charge in [0.1, 0.15) is 5.82 Å². The van der Waals surface area contributed by atoms with Crippen LogP contribution in [0.3, 0.4) is 0 Å². The standard InChI is InChI=1S/C16H13FN6O2/c1-9-2-3-11(6-12(9)17)13-19-15(25-22-13)14-20-16-18-7-10(4-5-24)8-23(16)21-14/h2-3,6-8,24H,4-5H2,1H3. The molecule has 0 spiro atoms. The van der Waals surface area contributed by atoms with Gasteiger partial charge in [0, 0.05) is 24.6 Å². The molecule has 126 valence electrons. The minimum Gasteiger partial charge on any atom is -0.396 e. The van der Waals surface area contributed by atoms with Crippen molar-refractivity contribution in [1.82, 2.24) is 29.7 Å². The maximum atomic E-state index is 13.7. The Morgan fingerprint density at radius 1 is 1.24 bits per heavy atom. The average Bonchev–Trinajstić information content (AvgIpc) is 3.24. The van der Waals surface area contributed by atoms with E-state index in [0.29, 0.717) is 23.3 Å². The lowest BCUT2D eigenvalue weighted by atomic mass is 10.1. The van der Waals surface area contributed by atoms with Crippen molar-refractivity contribution in [2.45, 2.75) is 13.3 Å². The molecule has 1 aromatic carbocycles. The molecule has 0 saturated heterocycles. The van der Waals surface area contributed by atoms with Gasteiger partial charge >= 0.3 is 0 Å². The van der Waals surface area contributed by atoms with E-state index in [1.54, 1.807) is 31.5 Å². The van der Waals surface area contributed by atoms with E-state index in [1.807, 2.05) is 0 Å². The molecule has 0 unspecified atom stereocenters. The van der Waals surface area contributed by atoms with E-state index < -0.39 is 0 Å². The Bertz CT molecular complexity index is 1060. The van der Waals surface area contributed by atoms with Gasteiger partial charge in [-0.1, -0.05) is 17.3 Å². The molecule has 0 atom stereocenters. The lowest BCUT2D eigenvalue weighted by Crippen LogP contribution is -1.97. The van der Waals surface area contributed by atoms with Gasteiger partial charge in [-0.25, -0.2) is 13.9 Å². The van der Waals surface area contributed by atoms with Crippen molar-refractivity contribution in [3.8, 4) is 23.1 Å². The van der Waals surface area contributed by atoms with E-state index in [2.05, 4.69) is 25.2 Å². The normalized spacial score (nSPS) is 11.3. The molecule has 0 fully saturated rings. The third kappa shape index (κ3) is 2.85. The van der Waals surface area contributed by atoms with Crippen LogP contribution in [0.2, 0.25) is 0 Å². The molecule has 9 heteroatoms. The maximum absolute atomic E-state index is 13.7. The van der Waals surface area contributed by atoms with Crippen molar-refractivity contribution in [2.75, 3.05) is 6.61 Å². The van der Waals surface area contributed by atoms with Gasteiger partial charge in [0.15, 0.2) is 0 Å². The summed E-state index contributed by atoms with van der Waals surface area (Å²) in [6.07, 6.45) is 3.82. The molecule has 0 saturated carbocycles. The molecular weight excluding hydrogens is 327 g/mol. The quantitative estimate of drug-likeness (QED) is 0.604. The van der Waals surface area contributed by atoms with Gasteiger partial charge in [0.05, 0.1) is 0 Å². The number of hydrogen-bond acceptors (Lipinski definition) is 7. The molecule has 25 heavy (non-hydrogen) atoms. The number of rotatable bonds is 4. The van der Waals surface area contributed by atoms with Gasteiger partial charge in [-0.05, 0) is 30.5 Å². The Kier molecular flexibility index (Phi) is 3.69. The van der Waals surface area contributed by atoms with Crippen molar-refractivity contribution >= 4 is 5.78 Å². The highest BCUT2D eigenvalue weighted by Gasteiger charge is 2.16. The third-order valence-electron chi connectivity index (χ3n) is 3.70. The predicted molar refractivity (Wildman–Crippen MR) is 85.0 cm³/mol. The molecule has 0 aliphatic rings. The summed E-state index contributed by atoms with van der Waals surface area (Å²) in [6.45, 7) is 1.70. The first-order valence-electron chi connectivity index (χ1n) is 7.57. The fourth-order valence-corrected chi connectivity index (χ4v) is 2.33. The first-order chi connectivity index (χ1) is 12.1. The van der Waals surface area contributed by atoms with Gasteiger partial charge in [-0.15, -0.1) is 5.10 Å². The van der Waals surface area contributed by atoms with Gasteiger partial charge in [0.25, 0.3) is 11.7 Å². The number of hydrogen-bond donors (Lipinski definition) is 1. The fraction of sp³-hybridized carbons (Fsp3) is 0.188. The average molecular weight is 340 g/mol. The van der Waals surface area contributed by atoms with Gasteiger partial charge in [0.2, 0.25) is 11.6 Å². The summed E-state index contributed by atoms with van der Waals surface area (Å²) in [5.41, 5.74) is 1.87. The summed E-state index contributed by atoms with van der Waals surface area (Å²) >= 11 is 0. The molecule has 3 heterocycles. The molecule has 0 aliphatic carbocycles. The number of nitrogens with zero attached hydrogens (tertiary/aromatic N) is 6. The van der Waals surface area contributed by atoms with Crippen LogP contribution in [0, 0.1) is 12.7 Å². The Labute approximate surface area is 141 Å². The first-order valence-corrected chi connectivity index (χ1v) is 7.57. The molecule has 3 aromatic heterocycles. The van der Waals surface area contributed by atoms with Crippen LogP contribution in [-0.4, -0.2) is 41.4 Å². The highest BCUT2D eigenvalue weighted by atomic mass is 19.1. The minimum absolute atomic E-state index is 0.0227. The molecule has 0 aliphatic heterocycles. The van der Waals surface area contributed by atoms with Crippen molar-refractivity contribution < 1.29 is 14.0 Å². The second-order valence-electron chi connectivity index (χ2n) is 5.50. The SMILES string of the molecule is Cc1ccc(-c2noc(-c3nc4ncc(CCO)cn4n3)n2)cc1F. The van der Waals surface area contributed by atoms with E-state index in [4.69, 9.17) is 9.63 Å². The van der Waals surface area contributed by atoms with Crippen LogP contribution in [0.25, 0.3) is 28.9 Å². The third-order valence-corrected chi connectivity index (χ3v) is 3.70. The molecule has 4 aromatic rings. The summed E-state index contributed by atoms with van der Waals surface area (Å²) in [7, 11) is 0. The number of aryl methyl sites for hydroxylation is 1. The number of aliphatic hydroxyl groups excluding tert-OH is 1. The topological polar surface area (TPSA) is 102 Å². The Morgan fingerprint density at radius 2 is 2.12 bits per heavy atom. The lowest BCUT2D eigenvalue weighted by molar-refractivity contribution is 0.299. The highest BCUT2D eigenvalue weighted by Crippen LogP contribution is 2.22. The van der Waals surface area contributed by atoms with E-state index in [0.717, 1.165) is 5.56 Å². The van der Waals surface area contributed by atoms with Crippen LogP contribution in [0.1, 0.15) is 11.1 Å². The number of benzene rings is 1. The van der Waals surface area contributed by atoms with E-state index in [9.17, 15) is 4.39 Å². The van der Waals surface area contributed by atoms with Crippen LogP contribution in [0.4, 0.5) is 4.39 Å². The van der Waals surface area contributed by atoms with Crippen molar-refractivity contribution in [3.05, 3.63) is 47.5 Å². The number of aliphatic hydroxyl groups is 1. The molecule has 1 N–H and O–H groups in total. The highest BCUT2D eigenvalue weighted by molar-refractivity contribution is 5.57. The van der Waals surface area contributed by atoms with Crippen LogP contribution in [0.15, 0.2) is 35.1 Å². The Hall–Kier alpha value is -3.20. The van der Waals surface area contributed by atoms with Crippen LogP contribution in [0.5, 0.6) is 0 Å². The summed E-state index contributed by atoms with van der Waals surface area (Å²) in [5.74, 6) is 0.625. The van der Waals surface area contributed by atoms with E-state index in [1.165, 1.54) is 10.6 Å². The van der Waals surface area contributed by atoms with E-state index in [-0.39, 0.29) is 30.0 Å². The van der Waals surface area contributed by atoms with Gasteiger partial charge in [-0.2, -0.15) is 9.97 Å². The Balaban J connectivity index is 1.69. The van der Waals surface area contributed by atoms with Crippen LogP contribution >= 0.6 is 0 Å². The number of fused-ring (bicyclic) bond motifs is 1. The Morgan fingerprint density at radius 3 is 2.92 bits per heavy atom. The second kappa shape index (κ2) is 6.02. The summed E-state index contributed by atoms with van der Waals surface area (Å²) in [5, 5.41) is 17.1. The van der Waals surface area contributed by atoms with E-state index >= 15 is 0 Å². The van der Waals surface area contributed by atoms with Crippen molar-refractivity contribution in [2.24, 2.45) is 0 Å². The summed E-state index contributed by atoms with van der Waals surface area (Å²) in [4.78, 5) is 12.6. The molecule has 8 nitrogen and oxygen atoms in total. The predicted octanol–water partition coefficient (Wildman–Crippen LogP) is 1.82. The minimum atomic E-state index is -0.338. The largest absolute Gasteiger partial charge is 0.396 e. The van der Waals surface area contributed by atoms with Gasteiger partial charge in [-0.3, -0.25) is 0 Å². The molecule has 0 amide bonds. The summed E-state index contributed by atoms with van der Waals surface area (Å²) < 4.78 is 20.4. The number of aromatic nitrogens is 6. The second-order valence-corrected chi connectivity index (χ2v) is 5.50.